The second kappa shape index (κ2) is 6.38. The number of nitrogens with two attached hydrogens (primary N) is 2. The molecule has 1 aliphatic carbocycles. The summed E-state index contributed by atoms with van der Waals surface area (Å²) in [4.78, 5) is 23.0. The molecular weight excluding hydrogens is 258 g/mol. The summed E-state index contributed by atoms with van der Waals surface area (Å²) < 4.78 is 5.24. The van der Waals surface area contributed by atoms with Gasteiger partial charge in [-0.2, -0.15) is 0 Å². The average molecular weight is 277 g/mol. The Hall–Kier alpha value is -2.08. The number of nitrogens with one attached hydrogen (secondary N) is 1. The maximum absolute atomic E-state index is 12.2. The molecule has 1 saturated carbocycles. The highest BCUT2D eigenvalue weighted by Crippen LogP contribution is 2.32. The van der Waals surface area contributed by atoms with E-state index in [0.717, 1.165) is 12.8 Å². The van der Waals surface area contributed by atoms with E-state index in [0.29, 0.717) is 23.8 Å². The SMILES string of the molecule is NCC(NC(=O)c1ccccc1OCC(N)=O)C1CC1. The molecule has 2 amide bonds. The summed E-state index contributed by atoms with van der Waals surface area (Å²) >= 11 is 0. The number of para-hydroxylation sites is 1. The van der Waals surface area contributed by atoms with E-state index < -0.39 is 5.91 Å². The van der Waals surface area contributed by atoms with E-state index in [9.17, 15) is 9.59 Å². The second-order valence-electron chi connectivity index (χ2n) is 4.90. The molecule has 0 radical (unpaired) electrons. The minimum absolute atomic E-state index is 0.00769. The number of ether oxygens (including phenoxy) is 1. The number of rotatable bonds is 7. The van der Waals surface area contributed by atoms with E-state index in [2.05, 4.69) is 5.32 Å². The van der Waals surface area contributed by atoms with Crippen LogP contribution in [-0.4, -0.2) is 31.0 Å². The van der Waals surface area contributed by atoms with Gasteiger partial charge in [-0.15, -0.1) is 0 Å². The van der Waals surface area contributed by atoms with Crippen molar-refractivity contribution in [2.75, 3.05) is 13.2 Å². The smallest absolute Gasteiger partial charge is 0.255 e. The highest BCUT2D eigenvalue weighted by molar-refractivity contribution is 5.97. The molecule has 1 unspecified atom stereocenters. The molecule has 1 aromatic carbocycles. The zero-order chi connectivity index (χ0) is 14.5. The molecule has 108 valence electrons. The predicted molar refractivity (Wildman–Crippen MR) is 74.2 cm³/mol. The van der Waals surface area contributed by atoms with Crippen LogP contribution in [0.2, 0.25) is 0 Å². The predicted octanol–water partition coefficient (Wildman–Crippen LogP) is 0.0178. The quantitative estimate of drug-likeness (QED) is 0.653. The zero-order valence-corrected chi connectivity index (χ0v) is 11.2. The molecule has 2 rings (SSSR count). The van der Waals surface area contributed by atoms with Crippen LogP contribution >= 0.6 is 0 Å². The van der Waals surface area contributed by atoms with Crippen molar-refractivity contribution in [1.29, 1.82) is 0 Å². The Balaban J connectivity index is 2.06. The Morgan fingerprint density at radius 3 is 2.65 bits per heavy atom. The first kappa shape index (κ1) is 14.3. The minimum Gasteiger partial charge on any atom is -0.483 e. The van der Waals surface area contributed by atoms with Gasteiger partial charge < -0.3 is 21.5 Å². The third-order valence-corrected chi connectivity index (χ3v) is 3.26. The third-order valence-electron chi connectivity index (χ3n) is 3.26. The molecule has 0 bridgehead atoms. The molecule has 5 N–H and O–H groups in total. The first-order chi connectivity index (χ1) is 9.61. The Labute approximate surface area is 117 Å². The fourth-order valence-electron chi connectivity index (χ4n) is 2.04. The summed E-state index contributed by atoms with van der Waals surface area (Å²) in [7, 11) is 0. The van der Waals surface area contributed by atoms with Gasteiger partial charge in [-0.1, -0.05) is 12.1 Å². The van der Waals surface area contributed by atoms with Crippen LogP contribution in [0.3, 0.4) is 0 Å². The van der Waals surface area contributed by atoms with Gasteiger partial charge in [0, 0.05) is 12.6 Å². The highest BCUT2D eigenvalue weighted by atomic mass is 16.5. The van der Waals surface area contributed by atoms with Gasteiger partial charge in [-0.3, -0.25) is 9.59 Å². The number of primary amides is 1. The van der Waals surface area contributed by atoms with Gasteiger partial charge in [-0.05, 0) is 30.9 Å². The van der Waals surface area contributed by atoms with Crippen molar-refractivity contribution in [3.63, 3.8) is 0 Å². The minimum atomic E-state index is -0.585. The van der Waals surface area contributed by atoms with Crippen molar-refractivity contribution in [3.8, 4) is 5.75 Å². The van der Waals surface area contributed by atoms with Crippen LogP contribution in [0.1, 0.15) is 23.2 Å². The van der Waals surface area contributed by atoms with E-state index in [4.69, 9.17) is 16.2 Å². The van der Waals surface area contributed by atoms with Gasteiger partial charge in [0.05, 0.1) is 5.56 Å². The average Bonchev–Trinajstić information content (AvgIpc) is 3.27. The number of benzene rings is 1. The van der Waals surface area contributed by atoms with Crippen molar-refractivity contribution in [1.82, 2.24) is 5.32 Å². The van der Waals surface area contributed by atoms with Crippen molar-refractivity contribution in [3.05, 3.63) is 29.8 Å². The molecule has 0 aliphatic heterocycles. The van der Waals surface area contributed by atoms with Gasteiger partial charge in [0.25, 0.3) is 11.8 Å². The first-order valence-electron chi connectivity index (χ1n) is 6.63. The lowest BCUT2D eigenvalue weighted by Gasteiger charge is -2.17. The van der Waals surface area contributed by atoms with Gasteiger partial charge in [0.15, 0.2) is 6.61 Å². The largest absolute Gasteiger partial charge is 0.483 e. The Bertz CT molecular complexity index is 500. The van der Waals surface area contributed by atoms with Crippen LogP contribution in [-0.2, 0) is 4.79 Å². The van der Waals surface area contributed by atoms with Crippen molar-refractivity contribution in [2.45, 2.75) is 18.9 Å². The monoisotopic (exact) mass is 277 g/mol. The van der Waals surface area contributed by atoms with Gasteiger partial charge in [0.2, 0.25) is 0 Å². The topological polar surface area (TPSA) is 107 Å². The van der Waals surface area contributed by atoms with Crippen LogP contribution in [0.25, 0.3) is 0 Å². The molecule has 0 aromatic heterocycles. The lowest BCUT2D eigenvalue weighted by Crippen LogP contribution is -2.41. The van der Waals surface area contributed by atoms with Crippen LogP contribution < -0.4 is 21.5 Å². The summed E-state index contributed by atoms with van der Waals surface area (Å²) in [5, 5.41) is 2.91. The summed E-state index contributed by atoms with van der Waals surface area (Å²) in [5.41, 5.74) is 11.1. The fraction of sp³-hybridized carbons (Fsp3) is 0.429. The molecule has 0 saturated heterocycles. The summed E-state index contributed by atoms with van der Waals surface area (Å²) in [6.45, 7) is 0.161. The highest BCUT2D eigenvalue weighted by Gasteiger charge is 2.31. The third kappa shape index (κ3) is 3.71. The summed E-state index contributed by atoms with van der Waals surface area (Å²) in [6, 6.07) is 6.74. The van der Waals surface area contributed by atoms with E-state index in [1.165, 1.54) is 0 Å². The van der Waals surface area contributed by atoms with Crippen LogP contribution in [0.4, 0.5) is 0 Å². The molecule has 1 fully saturated rings. The zero-order valence-electron chi connectivity index (χ0n) is 11.2. The van der Waals surface area contributed by atoms with Gasteiger partial charge in [-0.25, -0.2) is 0 Å². The number of hydrogen-bond acceptors (Lipinski definition) is 4. The van der Waals surface area contributed by atoms with Crippen LogP contribution in [0.5, 0.6) is 5.75 Å². The van der Waals surface area contributed by atoms with Crippen LogP contribution in [0, 0.1) is 5.92 Å². The van der Waals surface area contributed by atoms with E-state index in [1.807, 2.05) is 0 Å². The molecule has 1 aromatic rings. The Morgan fingerprint density at radius 1 is 1.35 bits per heavy atom. The molecule has 0 heterocycles. The number of carbonyl (C=O) groups excluding carboxylic acids is 2. The molecule has 1 aliphatic rings. The fourth-order valence-corrected chi connectivity index (χ4v) is 2.04. The van der Waals surface area contributed by atoms with E-state index in [1.54, 1.807) is 24.3 Å². The molecule has 0 spiro atoms. The van der Waals surface area contributed by atoms with Crippen molar-refractivity contribution < 1.29 is 14.3 Å². The maximum atomic E-state index is 12.2. The van der Waals surface area contributed by atoms with E-state index >= 15 is 0 Å². The van der Waals surface area contributed by atoms with Gasteiger partial charge in [0.1, 0.15) is 5.75 Å². The number of carbonyl (C=O) groups is 2. The molecular formula is C14H19N3O3. The summed E-state index contributed by atoms with van der Waals surface area (Å²) in [5.74, 6) is -0.0107. The normalized spacial score (nSPS) is 15.4. The number of amides is 2. The molecule has 20 heavy (non-hydrogen) atoms. The van der Waals surface area contributed by atoms with Crippen molar-refractivity contribution >= 4 is 11.8 Å². The summed E-state index contributed by atoms with van der Waals surface area (Å²) in [6.07, 6.45) is 2.20. The molecule has 6 nitrogen and oxygen atoms in total. The van der Waals surface area contributed by atoms with Crippen LogP contribution in [0.15, 0.2) is 24.3 Å². The molecule has 1 atom stereocenters. The standard InChI is InChI=1S/C14H19N3O3/c15-7-11(9-5-6-9)17-14(19)10-3-1-2-4-12(10)20-8-13(16)18/h1-4,9,11H,5-8,15H2,(H2,16,18)(H,17,19). The Kier molecular flexibility index (Phi) is 4.57. The first-order valence-corrected chi connectivity index (χ1v) is 6.63. The Morgan fingerprint density at radius 2 is 2.05 bits per heavy atom. The van der Waals surface area contributed by atoms with Crippen molar-refractivity contribution in [2.24, 2.45) is 17.4 Å². The second-order valence-corrected chi connectivity index (χ2v) is 4.90. The lowest BCUT2D eigenvalue weighted by molar-refractivity contribution is -0.119. The lowest BCUT2D eigenvalue weighted by atomic mass is 10.1. The number of hydrogen-bond donors (Lipinski definition) is 3. The van der Waals surface area contributed by atoms with E-state index in [-0.39, 0.29) is 18.6 Å². The molecule has 6 heteroatoms. The maximum Gasteiger partial charge on any atom is 0.255 e. The van der Waals surface area contributed by atoms with Gasteiger partial charge >= 0.3 is 0 Å².